The summed E-state index contributed by atoms with van der Waals surface area (Å²) < 4.78 is 5.22. The van der Waals surface area contributed by atoms with Gasteiger partial charge in [0.1, 0.15) is 5.75 Å². The molecule has 1 aromatic rings. The molecule has 3 nitrogen and oxygen atoms in total. The lowest BCUT2D eigenvalue weighted by molar-refractivity contribution is 0.415. The lowest BCUT2D eigenvalue weighted by Gasteiger charge is -2.26. The maximum atomic E-state index is 5.22. The Hall–Kier alpha value is -1.22. The fourth-order valence-corrected chi connectivity index (χ4v) is 2.79. The Morgan fingerprint density at radius 3 is 2.67 bits per heavy atom. The zero-order chi connectivity index (χ0) is 12.4. The molecule has 3 heteroatoms. The molecule has 2 fully saturated rings. The van der Waals surface area contributed by atoms with Crippen LogP contribution in [0.2, 0.25) is 0 Å². The first-order valence-corrected chi connectivity index (χ1v) is 6.99. The standard InChI is InChI=1S/C15H22N2O/c1-18-14-7-5-13(6-8-14)17-10-2-9-16-15(11-17)12-3-4-12/h5-8,12,15-16H,2-4,9-11H2,1H3. The summed E-state index contributed by atoms with van der Waals surface area (Å²) in [5, 5.41) is 3.70. The van der Waals surface area contributed by atoms with Gasteiger partial charge in [0.25, 0.3) is 0 Å². The Morgan fingerprint density at radius 2 is 2.00 bits per heavy atom. The van der Waals surface area contributed by atoms with E-state index < -0.39 is 0 Å². The average Bonchev–Trinajstić information content (AvgIpc) is 3.24. The van der Waals surface area contributed by atoms with Crippen molar-refractivity contribution in [2.24, 2.45) is 5.92 Å². The third-order valence-corrected chi connectivity index (χ3v) is 4.06. The molecule has 2 aliphatic rings. The van der Waals surface area contributed by atoms with E-state index in [1.165, 1.54) is 24.9 Å². The van der Waals surface area contributed by atoms with E-state index in [0.717, 1.165) is 31.3 Å². The van der Waals surface area contributed by atoms with Gasteiger partial charge in [-0.1, -0.05) is 0 Å². The third kappa shape index (κ3) is 2.61. The zero-order valence-electron chi connectivity index (χ0n) is 11.1. The van der Waals surface area contributed by atoms with Crippen molar-refractivity contribution >= 4 is 5.69 Å². The number of anilines is 1. The molecule has 1 unspecified atom stereocenters. The number of nitrogens with one attached hydrogen (secondary N) is 1. The third-order valence-electron chi connectivity index (χ3n) is 4.06. The van der Waals surface area contributed by atoms with Gasteiger partial charge in [0.05, 0.1) is 7.11 Å². The van der Waals surface area contributed by atoms with Crippen LogP contribution in [0.25, 0.3) is 0 Å². The Labute approximate surface area is 109 Å². The minimum atomic E-state index is 0.689. The smallest absolute Gasteiger partial charge is 0.119 e. The molecule has 3 rings (SSSR count). The lowest BCUT2D eigenvalue weighted by Crippen LogP contribution is -2.39. The quantitative estimate of drug-likeness (QED) is 0.885. The number of nitrogens with zero attached hydrogens (tertiary/aromatic N) is 1. The first-order valence-electron chi connectivity index (χ1n) is 6.99. The molecule has 1 aliphatic carbocycles. The van der Waals surface area contributed by atoms with Crippen molar-refractivity contribution in [3.63, 3.8) is 0 Å². The van der Waals surface area contributed by atoms with Crippen molar-refractivity contribution in [2.75, 3.05) is 31.6 Å². The number of ether oxygens (including phenoxy) is 1. The van der Waals surface area contributed by atoms with Gasteiger partial charge in [-0.3, -0.25) is 0 Å². The van der Waals surface area contributed by atoms with Crippen LogP contribution in [0.4, 0.5) is 5.69 Å². The van der Waals surface area contributed by atoms with Crippen LogP contribution >= 0.6 is 0 Å². The largest absolute Gasteiger partial charge is 0.497 e. The second-order valence-corrected chi connectivity index (χ2v) is 5.40. The molecule has 98 valence electrons. The molecule has 0 aromatic heterocycles. The van der Waals surface area contributed by atoms with Crippen LogP contribution in [0.1, 0.15) is 19.3 Å². The second kappa shape index (κ2) is 5.19. The van der Waals surface area contributed by atoms with Crippen LogP contribution < -0.4 is 15.0 Å². The number of methoxy groups -OCH3 is 1. The topological polar surface area (TPSA) is 24.5 Å². The minimum Gasteiger partial charge on any atom is -0.497 e. The minimum absolute atomic E-state index is 0.689. The van der Waals surface area contributed by atoms with Crippen LogP contribution in [0.3, 0.4) is 0 Å². The summed E-state index contributed by atoms with van der Waals surface area (Å²) in [5.74, 6) is 1.86. The number of hydrogen-bond acceptors (Lipinski definition) is 3. The van der Waals surface area contributed by atoms with E-state index in [1.54, 1.807) is 7.11 Å². The van der Waals surface area contributed by atoms with E-state index in [0.29, 0.717) is 6.04 Å². The van der Waals surface area contributed by atoms with E-state index >= 15 is 0 Å². The number of hydrogen-bond donors (Lipinski definition) is 1. The van der Waals surface area contributed by atoms with Gasteiger partial charge in [-0.05, 0) is 56.0 Å². The van der Waals surface area contributed by atoms with Crippen molar-refractivity contribution in [1.82, 2.24) is 5.32 Å². The Morgan fingerprint density at radius 1 is 1.22 bits per heavy atom. The molecular weight excluding hydrogens is 224 g/mol. The predicted molar refractivity (Wildman–Crippen MR) is 74.3 cm³/mol. The summed E-state index contributed by atoms with van der Waals surface area (Å²) in [7, 11) is 1.72. The average molecular weight is 246 g/mol. The van der Waals surface area contributed by atoms with Crippen molar-refractivity contribution in [2.45, 2.75) is 25.3 Å². The van der Waals surface area contributed by atoms with Gasteiger partial charge in [0, 0.05) is 24.8 Å². The summed E-state index contributed by atoms with van der Waals surface area (Å²) >= 11 is 0. The number of benzene rings is 1. The molecule has 0 radical (unpaired) electrons. The first kappa shape index (κ1) is 11.8. The van der Waals surface area contributed by atoms with Crippen molar-refractivity contribution in [3.05, 3.63) is 24.3 Å². The fourth-order valence-electron chi connectivity index (χ4n) is 2.79. The first-order chi connectivity index (χ1) is 8.86. The van der Waals surface area contributed by atoms with Crippen molar-refractivity contribution < 1.29 is 4.74 Å². The highest BCUT2D eigenvalue weighted by Crippen LogP contribution is 2.34. The maximum Gasteiger partial charge on any atom is 0.119 e. The van der Waals surface area contributed by atoms with Crippen LogP contribution in [0.5, 0.6) is 5.75 Å². The van der Waals surface area contributed by atoms with Crippen molar-refractivity contribution in [1.29, 1.82) is 0 Å². The Kier molecular flexibility index (Phi) is 3.41. The highest BCUT2D eigenvalue weighted by molar-refractivity contribution is 5.49. The highest BCUT2D eigenvalue weighted by atomic mass is 16.5. The summed E-state index contributed by atoms with van der Waals surface area (Å²) in [6.07, 6.45) is 4.05. The molecule has 0 spiro atoms. The molecule has 1 heterocycles. The van der Waals surface area contributed by atoms with Crippen LogP contribution in [-0.2, 0) is 0 Å². The van der Waals surface area contributed by atoms with Crippen LogP contribution in [-0.4, -0.2) is 32.8 Å². The molecule has 1 aliphatic heterocycles. The van der Waals surface area contributed by atoms with E-state index in [9.17, 15) is 0 Å². The SMILES string of the molecule is COc1ccc(N2CCCNC(C3CC3)C2)cc1. The fraction of sp³-hybridized carbons (Fsp3) is 0.600. The lowest BCUT2D eigenvalue weighted by atomic mass is 10.1. The molecule has 0 amide bonds. The van der Waals surface area contributed by atoms with Gasteiger partial charge in [0.15, 0.2) is 0 Å². The van der Waals surface area contributed by atoms with Gasteiger partial charge in [0.2, 0.25) is 0 Å². The van der Waals surface area contributed by atoms with Gasteiger partial charge >= 0.3 is 0 Å². The maximum absolute atomic E-state index is 5.22. The van der Waals surface area contributed by atoms with E-state index in [-0.39, 0.29) is 0 Å². The van der Waals surface area contributed by atoms with Gasteiger partial charge in [-0.15, -0.1) is 0 Å². The Balaban J connectivity index is 1.71. The molecule has 1 atom stereocenters. The van der Waals surface area contributed by atoms with Crippen LogP contribution in [0, 0.1) is 5.92 Å². The van der Waals surface area contributed by atoms with E-state index in [2.05, 4.69) is 34.5 Å². The molecule has 0 bridgehead atoms. The molecule has 1 saturated heterocycles. The summed E-state index contributed by atoms with van der Waals surface area (Å²) in [4.78, 5) is 2.52. The Bertz CT molecular complexity index is 386. The molecule has 1 aromatic carbocycles. The zero-order valence-corrected chi connectivity index (χ0v) is 11.1. The monoisotopic (exact) mass is 246 g/mol. The summed E-state index contributed by atoms with van der Waals surface area (Å²) in [5.41, 5.74) is 1.32. The summed E-state index contributed by atoms with van der Waals surface area (Å²) in [6, 6.07) is 9.15. The van der Waals surface area contributed by atoms with E-state index in [4.69, 9.17) is 4.74 Å². The normalized spacial score (nSPS) is 24.7. The molecule has 18 heavy (non-hydrogen) atoms. The highest BCUT2D eigenvalue weighted by Gasteiger charge is 2.33. The predicted octanol–water partition coefficient (Wildman–Crippen LogP) is 2.27. The van der Waals surface area contributed by atoms with Crippen LogP contribution in [0.15, 0.2) is 24.3 Å². The number of rotatable bonds is 3. The van der Waals surface area contributed by atoms with Gasteiger partial charge < -0.3 is 15.0 Å². The molecule has 1 saturated carbocycles. The van der Waals surface area contributed by atoms with Gasteiger partial charge in [-0.25, -0.2) is 0 Å². The van der Waals surface area contributed by atoms with Gasteiger partial charge in [-0.2, -0.15) is 0 Å². The molecule has 1 N–H and O–H groups in total. The van der Waals surface area contributed by atoms with E-state index in [1.807, 2.05) is 0 Å². The second-order valence-electron chi connectivity index (χ2n) is 5.40. The molecular formula is C15H22N2O. The van der Waals surface area contributed by atoms with Crippen molar-refractivity contribution in [3.8, 4) is 5.75 Å². The summed E-state index contributed by atoms with van der Waals surface area (Å²) in [6.45, 7) is 3.47.